The summed E-state index contributed by atoms with van der Waals surface area (Å²) in [5.74, 6) is 2.17. The SMILES string of the molecule is CC(C)Nc1cc(Nc2ccccc2)nc(-c2ccc(Cl)cc2)n1. The summed E-state index contributed by atoms with van der Waals surface area (Å²) in [4.78, 5) is 9.24. The van der Waals surface area contributed by atoms with E-state index >= 15 is 0 Å². The molecule has 0 aliphatic heterocycles. The zero-order chi connectivity index (χ0) is 16.9. The Hall–Kier alpha value is -2.59. The van der Waals surface area contributed by atoms with Gasteiger partial charge in [-0.3, -0.25) is 0 Å². The molecule has 0 saturated carbocycles. The van der Waals surface area contributed by atoms with E-state index in [4.69, 9.17) is 11.6 Å². The number of benzene rings is 2. The molecule has 1 aromatic heterocycles. The van der Waals surface area contributed by atoms with Gasteiger partial charge in [-0.25, -0.2) is 9.97 Å². The molecule has 4 nitrogen and oxygen atoms in total. The van der Waals surface area contributed by atoms with Gasteiger partial charge in [0.25, 0.3) is 0 Å². The Morgan fingerprint density at radius 2 is 1.54 bits per heavy atom. The molecule has 0 unspecified atom stereocenters. The Labute approximate surface area is 146 Å². The molecule has 0 saturated heterocycles. The lowest BCUT2D eigenvalue weighted by Crippen LogP contribution is -2.12. The minimum absolute atomic E-state index is 0.280. The molecule has 3 aromatic rings. The van der Waals surface area contributed by atoms with Crippen LogP contribution in [0.3, 0.4) is 0 Å². The number of para-hydroxylation sites is 1. The highest BCUT2D eigenvalue weighted by Crippen LogP contribution is 2.24. The highest BCUT2D eigenvalue weighted by molar-refractivity contribution is 6.30. The first-order chi connectivity index (χ1) is 11.6. The van der Waals surface area contributed by atoms with E-state index in [1.54, 1.807) is 0 Å². The number of hydrogen-bond donors (Lipinski definition) is 2. The Kier molecular flexibility index (Phi) is 4.96. The van der Waals surface area contributed by atoms with Crippen molar-refractivity contribution in [2.75, 3.05) is 10.6 Å². The molecule has 2 N–H and O–H groups in total. The summed E-state index contributed by atoms with van der Waals surface area (Å²) in [7, 11) is 0. The van der Waals surface area contributed by atoms with E-state index in [1.807, 2.05) is 60.7 Å². The molecule has 0 spiro atoms. The van der Waals surface area contributed by atoms with Crippen LogP contribution in [-0.4, -0.2) is 16.0 Å². The minimum atomic E-state index is 0.280. The van der Waals surface area contributed by atoms with E-state index in [2.05, 4.69) is 34.4 Å². The first-order valence-corrected chi connectivity index (χ1v) is 8.21. The molecular weight excluding hydrogens is 320 g/mol. The number of nitrogens with zero attached hydrogens (tertiary/aromatic N) is 2. The van der Waals surface area contributed by atoms with E-state index in [1.165, 1.54) is 0 Å². The zero-order valence-corrected chi connectivity index (χ0v) is 14.4. The summed E-state index contributed by atoms with van der Waals surface area (Å²) >= 11 is 5.97. The standard InChI is InChI=1S/C19H19ClN4/c1-13(2)21-17-12-18(22-16-6-4-3-5-7-16)24-19(23-17)14-8-10-15(20)11-9-14/h3-13H,1-2H3,(H2,21,22,23,24). The first-order valence-electron chi connectivity index (χ1n) is 7.84. The predicted molar refractivity (Wildman–Crippen MR) is 101 cm³/mol. The summed E-state index contributed by atoms with van der Waals surface area (Å²) in [6.45, 7) is 4.16. The van der Waals surface area contributed by atoms with Crippen LogP contribution in [0.5, 0.6) is 0 Å². The van der Waals surface area contributed by atoms with Gasteiger partial charge in [0.15, 0.2) is 5.82 Å². The summed E-state index contributed by atoms with van der Waals surface area (Å²) in [6, 6.07) is 19.7. The maximum atomic E-state index is 5.97. The highest BCUT2D eigenvalue weighted by Gasteiger charge is 2.08. The quantitative estimate of drug-likeness (QED) is 0.657. The van der Waals surface area contributed by atoms with Crippen LogP contribution in [0.2, 0.25) is 5.02 Å². The molecule has 0 aliphatic rings. The van der Waals surface area contributed by atoms with Crippen molar-refractivity contribution in [3.05, 3.63) is 65.7 Å². The molecule has 0 fully saturated rings. The van der Waals surface area contributed by atoms with Gasteiger partial charge in [0, 0.05) is 28.4 Å². The molecule has 0 amide bonds. The molecular formula is C19H19ClN4. The summed E-state index contributed by atoms with van der Waals surface area (Å²) in [5.41, 5.74) is 1.90. The third kappa shape index (κ3) is 4.24. The van der Waals surface area contributed by atoms with Crippen LogP contribution in [0.1, 0.15) is 13.8 Å². The van der Waals surface area contributed by atoms with Gasteiger partial charge in [-0.1, -0.05) is 29.8 Å². The van der Waals surface area contributed by atoms with E-state index in [9.17, 15) is 0 Å². The minimum Gasteiger partial charge on any atom is -0.368 e. The van der Waals surface area contributed by atoms with Gasteiger partial charge < -0.3 is 10.6 Å². The second-order valence-corrected chi connectivity index (χ2v) is 6.20. The topological polar surface area (TPSA) is 49.8 Å². The van der Waals surface area contributed by atoms with Gasteiger partial charge in [0.1, 0.15) is 11.6 Å². The van der Waals surface area contributed by atoms with Crippen molar-refractivity contribution in [3.63, 3.8) is 0 Å². The lowest BCUT2D eigenvalue weighted by Gasteiger charge is -2.13. The van der Waals surface area contributed by atoms with Gasteiger partial charge >= 0.3 is 0 Å². The Balaban J connectivity index is 1.98. The van der Waals surface area contributed by atoms with Gasteiger partial charge in [-0.2, -0.15) is 0 Å². The summed E-state index contributed by atoms with van der Waals surface area (Å²) < 4.78 is 0. The van der Waals surface area contributed by atoms with Gasteiger partial charge in [-0.05, 0) is 50.2 Å². The largest absolute Gasteiger partial charge is 0.368 e. The van der Waals surface area contributed by atoms with Crippen molar-refractivity contribution in [3.8, 4) is 11.4 Å². The fourth-order valence-corrected chi connectivity index (χ4v) is 2.40. The fraction of sp³-hybridized carbons (Fsp3) is 0.158. The number of aromatic nitrogens is 2. The Bertz CT molecular complexity index is 801. The van der Waals surface area contributed by atoms with Crippen molar-refractivity contribution < 1.29 is 0 Å². The lowest BCUT2D eigenvalue weighted by atomic mass is 10.2. The number of anilines is 3. The third-order valence-electron chi connectivity index (χ3n) is 3.31. The summed E-state index contributed by atoms with van der Waals surface area (Å²) in [6.07, 6.45) is 0. The Morgan fingerprint density at radius 3 is 2.21 bits per heavy atom. The third-order valence-corrected chi connectivity index (χ3v) is 3.56. The monoisotopic (exact) mass is 338 g/mol. The maximum absolute atomic E-state index is 5.97. The van der Waals surface area contributed by atoms with Crippen molar-refractivity contribution in [1.82, 2.24) is 9.97 Å². The molecule has 5 heteroatoms. The second-order valence-electron chi connectivity index (χ2n) is 5.76. The average molecular weight is 339 g/mol. The molecule has 24 heavy (non-hydrogen) atoms. The molecule has 0 bridgehead atoms. The van der Waals surface area contributed by atoms with E-state index in [0.29, 0.717) is 10.8 Å². The van der Waals surface area contributed by atoms with Crippen LogP contribution < -0.4 is 10.6 Å². The predicted octanol–water partition coefficient (Wildman–Crippen LogP) is 5.36. The molecule has 2 aromatic carbocycles. The van der Waals surface area contributed by atoms with Gasteiger partial charge in [-0.15, -0.1) is 0 Å². The summed E-state index contributed by atoms with van der Waals surface area (Å²) in [5, 5.41) is 7.35. The average Bonchev–Trinajstić information content (AvgIpc) is 2.55. The normalized spacial score (nSPS) is 10.7. The molecule has 1 heterocycles. The van der Waals surface area contributed by atoms with Gasteiger partial charge in [0.2, 0.25) is 0 Å². The lowest BCUT2D eigenvalue weighted by molar-refractivity contribution is 0.887. The van der Waals surface area contributed by atoms with E-state index < -0.39 is 0 Å². The van der Waals surface area contributed by atoms with E-state index in [-0.39, 0.29) is 6.04 Å². The van der Waals surface area contributed by atoms with Gasteiger partial charge in [0.05, 0.1) is 0 Å². The number of rotatable bonds is 5. The Morgan fingerprint density at radius 1 is 0.875 bits per heavy atom. The molecule has 122 valence electrons. The fourth-order valence-electron chi connectivity index (χ4n) is 2.28. The highest BCUT2D eigenvalue weighted by atomic mass is 35.5. The number of nitrogens with one attached hydrogen (secondary N) is 2. The van der Waals surface area contributed by atoms with Crippen molar-refractivity contribution in [1.29, 1.82) is 0 Å². The smallest absolute Gasteiger partial charge is 0.163 e. The van der Waals surface area contributed by atoms with Crippen molar-refractivity contribution in [2.45, 2.75) is 19.9 Å². The van der Waals surface area contributed by atoms with Crippen LogP contribution in [0, 0.1) is 0 Å². The van der Waals surface area contributed by atoms with E-state index in [0.717, 1.165) is 22.9 Å². The molecule has 0 radical (unpaired) electrons. The van der Waals surface area contributed by atoms with Crippen LogP contribution in [0.25, 0.3) is 11.4 Å². The number of hydrogen-bond acceptors (Lipinski definition) is 4. The second kappa shape index (κ2) is 7.32. The van der Waals surface area contributed by atoms with Crippen LogP contribution in [0.4, 0.5) is 17.3 Å². The van der Waals surface area contributed by atoms with Crippen LogP contribution in [0.15, 0.2) is 60.7 Å². The number of halogens is 1. The van der Waals surface area contributed by atoms with Crippen molar-refractivity contribution >= 4 is 28.9 Å². The molecule has 0 aliphatic carbocycles. The van der Waals surface area contributed by atoms with Crippen molar-refractivity contribution in [2.24, 2.45) is 0 Å². The van der Waals surface area contributed by atoms with Crippen LogP contribution >= 0.6 is 11.6 Å². The molecule has 3 rings (SSSR count). The molecule has 0 atom stereocenters. The zero-order valence-electron chi connectivity index (χ0n) is 13.6. The first kappa shape index (κ1) is 16.3. The van der Waals surface area contributed by atoms with Crippen LogP contribution in [-0.2, 0) is 0 Å². The maximum Gasteiger partial charge on any atom is 0.163 e.